The lowest BCUT2D eigenvalue weighted by Gasteiger charge is -2.34. The molecular formula is C27H31FN6OS. The fraction of sp³-hybridized carbons (Fsp3) is 0.481. The van der Waals surface area contributed by atoms with Crippen LogP contribution in [-0.4, -0.2) is 83.8 Å². The zero-order valence-electron chi connectivity index (χ0n) is 20.4. The molecular weight excluding hydrogens is 475 g/mol. The average molecular weight is 507 g/mol. The average Bonchev–Trinajstić information content (AvgIpc) is 3.42. The number of hydrogen-bond donors (Lipinski definition) is 1. The molecule has 7 rings (SSSR count). The molecule has 0 radical (unpaired) electrons. The van der Waals surface area contributed by atoms with E-state index in [2.05, 4.69) is 25.8 Å². The van der Waals surface area contributed by atoms with E-state index in [0.29, 0.717) is 24.6 Å². The van der Waals surface area contributed by atoms with Crippen LogP contribution in [0.25, 0.3) is 32.5 Å². The Balaban J connectivity index is 1.23. The first-order valence-electron chi connectivity index (χ1n) is 13.0. The molecule has 1 N–H and O–H groups in total. The van der Waals surface area contributed by atoms with Crippen LogP contribution >= 0.6 is 11.3 Å². The first kappa shape index (κ1) is 22.6. The molecule has 3 aromatic heterocycles. The molecule has 3 fully saturated rings. The lowest BCUT2D eigenvalue weighted by molar-refractivity contribution is 0.122. The second-order valence-electron chi connectivity index (χ2n) is 10.3. The topological polar surface area (TPSA) is 60.5 Å². The summed E-state index contributed by atoms with van der Waals surface area (Å²) in [4.78, 5) is 21.8. The highest BCUT2D eigenvalue weighted by atomic mass is 32.1. The highest BCUT2D eigenvalue weighted by Gasteiger charge is 2.27. The van der Waals surface area contributed by atoms with E-state index in [1.807, 2.05) is 12.3 Å². The molecule has 0 spiro atoms. The number of piperazine rings is 1. The van der Waals surface area contributed by atoms with Gasteiger partial charge < -0.3 is 19.5 Å². The number of aromatic nitrogens is 3. The first-order chi connectivity index (χ1) is 17.7. The highest BCUT2D eigenvalue weighted by Crippen LogP contribution is 2.37. The molecule has 7 nitrogen and oxygen atoms in total. The predicted molar refractivity (Wildman–Crippen MR) is 142 cm³/mol. The molecule has 9 heteroatoms. The van der Waals surface area contributed by atoms with Crippen LogP contribution in [0.2, 0.25) is 0 Å². The van der Waals surface area contributed by atoms with Gasteiger partial charge in [-0.1, -0.05) is 0 Å². The van der Waals surface area contributed by atoms with E-state index >= 15 is 4.39 Å². The second-order valence-corrected chi connectivity index (χ2v) is 11.4. The fourth-order valence-corrected chi connectivity index (χ4v) is 6.65. The van der Waals surface area contributed by atoms with Crippen LogP contribution in [-0.2, 0) is 11.3 Å². The minimum Gasteiger partial charge on any atom is -0.378 e. The largest absolute Gasteiger partial charge is 0.378 e. The van der Waals surface area contributed by atoms with Gasteiger partial charge in [0.25, 0.3) is 0 Å². The standard InChI is InChI=1S/C27H31FN6OS/c28-21-3-4-22-20(5-6-29-22)24(21)26-30-23-15-19(17-33-9-7-32(8-10-33)16-18-1-2-18)36-25(23)27(31-26)34-11-13-35-14-12-34/h3-6,15,18,29H,1-2,7-14,16-17H2. The Morgan fingerprint density at radius 3 is 2.61 bits per heavy atom. The molecule has 5 heterocycles. The smallest absolute Gasteiger partial charge is 0.165 e. The Labute approximate surface area is 213 Å². The monoisotopic (exact) mass is 506 g/mol. The van der Waals surface area contributed by atoms with Crippen molar-refractivity contribution in [3.05, 3.63) is 41.2 Å². The molecule has 4 aromatic rings. The molecule has 0 atom stereocenters. The number of nitrogens with one attached hydrogen (secondary N) is 1. The summed E-state index contributed by atoms with van der Waals surface area (Å²) in [5, 5.41) is 0.807. The van der Waals surface area contributed by atoms with Gasteiger partial charge in [0.2, 0.25) is 0 Å². The molecule has 1 aliphatic carbocycles. The van der Waals surface area contributed by atoms with Crippen LogP contribution in [0.3, 0.4) is 0 Å². The summed E-state index contributed by atoms with van der Waals surface area (Å²) in [6.07, 6.45) is 4.67. The molecule has 2 aliphatic heterocycles. The number of hydrogen-bond acceptors (Lipinski definition) is 7. The fourth-order valence-electron chi connectivity index (χ4n) is 5.49. The number of thiophene rings is 1. The van der Waals surface area contributed by atoms with Crippen LogP contribution in [0.15, 0.2) is 30.5 Å². The predicted octanol–water partition coefficient (Wildman–Crippen LogP) is 4.34. The van der Waals surface area contributed by atoms with E-state index in [9.17, 15) is 0 Å². The van der Waals surface area contributed by atoms with Gasteiger partial charge >= 0.3 is 0 Å². The Morgan fingerprint density at radius 2 is 1.81 bits per heavy atom. The van der Waals surface area contributed by atoms with Gasteiger partial charge in [-0.25, -0.2) is 14.4 Å². The van der Waals surface area contributed by atoms with Gasteiger partial charge in [-0.05, 0) is 43.0 Å². The van der Waals surface area contributed by atoms with Crippen LogP contribution in [0, 0.1) is 11.7 Å². The Morgan fingerprint density at radius 1 is 1.00 bits per heavy atom. The van der Waals surface area contributed by atoms with Crippen molar-refractivity contribution < 1.29 is 9.13 Å². The lowest BCUT2D eigenvalue weighted by atomic mass is 10.1. The Kier molecular flexibility index (Phi) is 5.88. The van der Waals surface area contributed by atoms with Gasteiger partial charge in [0.1, 0.15) is 5.82 Å². The molecule has 1 saturated carbocycles. The van der Waals surface area contributed by atoms with Crippen molar-refractivity contribution in [1.82, 2.24) is 24.8 Å². The second kappa shape index (κ2) is 9.37. The molecule has 36 heavy (non-hydrogen) atoms. The van der Waals surface area contributed by atoms with Gasteiger partial charge in [0.15, 0.2) is 11.6 Å². The van der Waals surface area contributed by atoms with Crippen molar-refractivity contribution in [2.24, 2.45) is 5.92 Å². The number of rotatable bonds is 6. The lowest BCUT2D eigenvalue weighted by Crippen LogP contribution is -2.46. The maximum Gasteiger partial charge on any atom is 0.165 e. The number of ether oxygens (including phenoxy) is 1. The van der Waals surface area contributed by atoms with Crippen molar-refractivity contribution in [3.8, 4) is 11.4 Å². The van der Waals surface area contributed by atoms with Crippen molar-refractivity contribution in [2.75, 3.05) is 63.9 Å². The van der Waals surface area contributed by atoms with E-state index in [0.717, 1.165) is 78.7 Å². The summed E-state index contributed by atoms with van der Waals surface area (Å²) < 4.78 is 21.8. The van der Waals surface area contributed by atoms with Crippen LogP contribution in [0.1, 0.15) is 17.7 Å². The summed E-state index contributed by atoms with van der Waals surface area (Å²) in [5.41, 5.74) is 2.25. The minimum atomic E-state index is -0.297. The molecule has 188 valence electrons. The Hall–Kier alpha value is -2.59. The number of nitrogens with zero attached hydrogens (tertiary/aromatic N) is 5. The summed E-state index contributed by atoms with van der Waals surface area (Å²) in [7, 11) is 0. The molecule has 2 saturated heterocycles. The van der Waals surface area contributed by atoms with E-state index in [1.165, 1.54) is 30.3 Å². The van der Waals surface area contributed by atoms with Crippen LogP contribution in [0.4, 0.5) is 10.2 Å². The third-order valence-electron chi connectivity index (χ3n) is 7.68. The zero-order valence-corrected chi connectivity index (χ0v) is 21.2. The molecule has 3 aliphatic rings. The third kappa shape index (κ3) is 4.38. The van der Waals surface area contributed by atoms with E-state index < -0.39 is 0 Å². The van der Waals surface area contributed by atoms with E-state index in [4.69, 9.17) is 14.7 Å². The van der Waals surface area contributed by atoms with E-state index in [1.54, 1.807) is 17.4 Å². The SMILES string of the molecule is Fc1ccc2[nH]ccc2c1-c1nc(N2CCOCC2)c2sc(CN3CCN(CC4CC4)CC3)cc2n1. The van der Waals surface area contributed by atoms with Crippen molar-refractivity contribution in [2.45, 2.75) is 19.4 Å². The number of halogens is 1. The third-order valence-corrected chi connectivity index (χ3v) is 8.79. The van der Waals surface area contributed by atoms with Gasteiger partial charge in [-0.2, -0.15) is 0 Å². The summed E-state index contributed by atoms with van der Waals surface area (Å²) in [6.45, 7) is 9.63. The highest BCUT2D eigenvalue weighted by molar-refractivity contribution is 7.19. The summed E-state index contributed by atoms with van der Waals surface area (Å²) in [6, 6.07) is 7.36. The summed E-state index contributed by atoms with van der Waals surface area (Å²) in [5.74, 6) is 2.00. The maximum atomic E-state index is 15.2. The molecule has 0 amide bonds. The number of anilines is 1. The number of morpholine rings is 1. The van der Waals surface area contributed by atoms with Crippen molar-refractivity contribution in [3.63, 3.8) is 0 Å². The number of H-pyrrole nitrogens is 1. The minimum absolute atomic E-state index is 0.297. The van der Waals surface area contributed by atoms with Crippen molar-refractivity contribution in [1.29, 1.82) is 0 Å². The summed E-state index contributed by atoms with van der Waals surface area (Å²) >= 11 is 1.78. The van der Waals surface area contributed by atoms with Crippen LogP contribution in [0.5, 0.6) is 0 Å². The normalized spacial score (nSPS) is 20.1. The number of aromatic amines is 1. The van der Waals surface area contributed by atoms with Gasteiger partial charge in [-0.15, -0.1) is 11.3 Å². The van der Waals surface area contributed by atoms with Crippen LogP contribution < -0.4 is 4.90 Å². The number of fused-ring (bicyclic) bond motifs is 2. The maximum absolute atomic E-state index is 15.2. The molecule has 0 unspecified atom stereocenters. The molecule has 0 bridgehead atoms. The quantitative estimate of drug-likeness (QED) is 0.420. The zero-order chi connectivity index (χ0) is 24.1. The molecule has 1 aromatic carbocycles. The Bertz CT molecular complexity index is 1380. The number of benzene rings is 1. The van der Waals surface area contributed by atoms with Gasteiger partial charge in [0.05, 0.1) is 29.0 Å². The van der Waals surface area contributed by atoms with E-state index in [-0.39, 0.29) is 5.82 Å². The van der Waals surface area contributed by atoms with Gasteiger partial charge in [-0.3, -0.25) is 4.90 Å². The van der Waals surface area contributed by atoms with Crippen molar-refractivity contribution >= 4 is 38.3 Å². The van der Waals surface area contributed by atoms with Gasteiger partial charge in [0, 0.05) is 74.3 Å². The first-order valence-corrected chi connectivity index (χ1v) is 13.9.